The van der Waals surface area contributed by atoms with E-state index in [-0.39, 0.29) is 6.04 Å². The van der Waals surface area contributed by atoms with Crippen LogP contribution in [-0.2, 0) is 0 Å². The summed E-state index contributed by atoms with van der Waals surface area (Å²) in [5.41, 5.74) is 2.14. The Balaban J connectivity index is 2.49. The lowest BCUT2D eigenvalue weighted by molar-refractivity contribution is 0.349. The van der Waals surface area contributed by atoms with Crippen LogP contribution in [0.5, 0.6) is 11.5 Å². The number of benzene rings is 2. The summed E-state index contributed by atoms with van der Waals surface area (Å²) in [6, 6.07) is 13.6. The van der Waals surface area contributed by atoms with Gasteiger partial charge in [0.25, 0.3) is 0 Å². The van der Waals surface area contributed by atoms with Gasteiger partial charge in [0.2, 0.25) is 0 Å². The van der Waals surface area contributed by atoms with Crippen molar-refractivity contribution in [3.63, 3.8) is 0 Å². The maximum atomic E-state index is 5.95. The zero-order chi connectivity index (χ0) is 14.5. The summed E-state index contributed by atoms with van der Waals surface area (Å²) < 4.78 is 10.9. The van der Waals surface area contributed by atoms with Crippen LogP contribution in [0.4, 0.5) is 0 Å². The molecule has 106 valence electrons. The summed E-state index contributed by atoms with van der Waals surface area (Å²) in [7, 11) is 5.20. The van der Waals surface area contributed by atoms with E-state index in [0.29, 0.717) is 0 Å². The van der Waals surface area contributed by atoms with Gasteiger partial charge in [0, 0.05) is 10.6 Å². The summed E-state index contributed by atoms with van der Waals surface area (Å²) in [5.74, 6) is 1.46. The van der Waals surface area contributed by atoms with Crippen molar-refractivity contribution >= 4 is 11.6 Å². The molecule has 0 bridgehead atoms. The average molecular weight is 292 g/mol. The summed E-state index contributed by atoms with van der Waals surface area (Å²) in [4.78, 5) is 0. The van der Waals surface area contributed by atoms with Crippen LogP contribution in [0.1, 0.15) is 17.2 Å². The lowest BCUT2D eigenvalue weighted by Crippen LogP contribution is -2.18. The van der Waals surface area contributed by atoms with Crippen LogP contribution in [0.2, 0.25) is 5.02 Å². The number of hydrogen-bond donors (Lipinski definition) is 1. The number of methoxy groups -OCH3 is 2. The SMILES string of the molecule is CNC(c1ccc(Cl)cc1)c1cccc(OC)c1OC. The van der Waals surface area contributed by atoms with Crippen molar-refractivity contribution < 1.29 is 9.47 Å². The minimum Gasteiger partial charge on any atom is -0.493 e. The highest BCUT2D eigenvalue weighted by atomic mass is 35.5. The van der Waals surface area contributed by atoms with Crippen LogP contribution in [0.25, 0.3) is 0 Å². The Bertz CT molecular complexity index is 569. The molecule has 1 unspecified atom stereocenters. The quantitative estimate of drug-likeness (QED) is 0.912. The third kappa shape index (κ3) is 2.89. The molecule has 2 aromatic rings. The molecule has 2 aromatic carbocycles. The van der Waals surface area contributed by atoms with Crippen LogP contribution in [-0.4, -0.2) is 21.3 Å². The van der Waals surface area contributed by atoms with Crippen LogP contribution in [0, 0.1) is 0 Å². The van der Waals surface area contributed by atoms with Gasteiger partial charge in [0.05, 0.1) is 20.3 Å². The Labute approximate surface area is 124 Å². The molecular formula is C16H18ClNO2. The Hall–Kier alpha value is -1.71. The lowest BCUT2D eigenvalue weighted by Gasteiger charge is -2.21. The topological polar surface area (TPSA) is 30.5 Å². The van der Waals surface area contributed by atoms with Crippen molar-refractivity contribution in [3.8, 4) is 11.5 Å². The minimum atomic E-state index is 0.0114. The van der Waals surface area contributed by atoms with Crippen molar-refractivity contribution in [2.45, 2.75) is 6.04 Å². The number of para-hydroxylation sites is 1. The Morgan fingerprint density at radius 3 is 2.25 bits per heavy atom. The Morgan fingerprint density at radius 2 is 1.70 bits per heavy atom. The zero-order valence-corrected chi connectivity index (χ0v) is 12.6. The summed E-state index contributed by atoms with van der Waals surface area (Å²) in [5, 5.41) is 4.02. The third-order valence-electron chi connectivity index (χ3n) is 3.24. The van der Waals surface area contributed by atoms with Crippen molar-refractivity contribution in [2.75, 3.05) is 21.3 Å². The summed E-state index contributed by atoms with van der Waals surface area (Å²) >= 11 is 5.95. The number of nitrogens with one attached hydrogen (secondary N) is 1. The van der Waals surface area contributed by atoms with Gasteiger partial charge >= 0.3 is 0 Å². The maximum Gasteiger partial charge on any atom is 0.165 e. The fourth-order valence-electron chi connectivity index (χ4n) is 2.30. The van der Waals surface area contributed by atoms with Gasteiger partial charge in [0.1, 0.15) is 0 Å². The van der Waals surface area contributed by atoms with E-state index in [1.165, 1.54) is 0 Å². The second-order valence-corrected chi connectivity index (χ2v) is 4.79. The first-order chi connectivity index (χ1) is 9.71. The molecule has 2 rings (SSSR count). The molecule has 1 atom stereocenters. The number of ether oxygens (including phenoxy) is 2. The van der Waals surface area contributed by atoms with E-state index in [2.05, 4.69) is 5.32 Å². The largest absolute Gasteiger partial charge is 0.493 e. The van der Waals surface area contributed by atoms with Crippen LogP contribution in [0.15, 0.2) is 42.5 Å². The predicted octanol–water partition coefficient (Wildman–Crippen LogP) is 3.67. The highest BCUT2D eigenvalue weighted by Crippen LogP contribution is 2.37. The van der Waals surface area contributed by atoms with E-state index in [9.17, 15) is 0 Å². The first-order valence-electron chi connectivity index (χ1n) is 6.35. The smallest absolute Gasteiger partial charge is 0.165 e. The van der Waals surface area contributed by atoms with Gasteiger partial charge in [-0.3, -0.25) is 0 Å². The van der Waals surface area contributed by atoms with Crippen molar-refractivity contribution in [3.05, 3.63) is 58.6 Å². The van der Waals surface area contributed by atoms with Crippen LogP contribution < -0.4 is 14.8 Å². The first kappa shape index (κ1) is 14.7. The van der Waals surface area contributed by atoms with Crippen LogP contribution >= 0.6 is 11.6 Å². The number of rotatable bonds is 5. The van der Waals surface area contributed by atoms with Gasteiger partial charge in [-0.1, -0.05) is 35.9 Å². The molecule has 3 nitrogen and oxygen atoms in total. The molecule has 0 saturated carbocycles. The minimum absolute atomic E-state index is 0.0114. The molecule has 0 fully saturated rings. The molecule has 20 heavy (non-hydrogen) atoms. The summed E-state index contributed by atoms with van der Waals surface area (Å²) in [6.45, 7) is 0. The molecule has 0 radical (unpaired) electrons. The van der Waals surface area contributed by atoms with Gasteiger partial charge in [-0.05, 0) is 30.8 Å². The van der Waals surface area contributed by atoms with Gasteiger partial charge in [0.15, 0.2) is 11.5 Å². The summed E-state index contributed by atoms with van der Waals surface area (Å²) in [6.07, 6.45) is 0. The zero-order valence-electron chi connectivity index (χ0n) is 11.8. The first-order valence-corrected chi connectivity index (χ1v) is 6.72. The molecule has 0 amide bonds. The molecule has 1 N–H and O–H groups in total. The van der Waals surface area contributed by atoms with Gasteiger partial charge < -0.3 is 14.8 Å². The second-order valence-electron chi connectivity index (χ2n) is 4.36. The molecule has 0 spiro atoms. The van der Waals surface area contributed by atoms with Crippen molar-refractivity contribution in [2.24, 2.45) is 0 Å². The molecule has 0 aliphatic heterocycles. The Morgan fingerprint density at radius 1 is 1.00 bits per heavy atom. The maximum absolute atomic E-state index is 5.95. The molecule has 0 aromatic heterocycles. The van der Waals surface area contributed by atoms with Gasteiger partial charge in [-0.25, -0.2) is 0 Å². The fourth-order valence-corrected chi connectivity index (χ4v) is 2.42. The number of halogens is 1. The third-order valence-corrected chi connectivity index (χ3v) is 3.49. The molecule has 4 heteroatoms. The fraction of sp³-hybridized carbons (Fsp3) is 0.250. The van der Waals surface area contributed by atoms with Gasteiger partial charge in [-0.2, -0.15) is 0 Å². The van der Waals surface area contributed by atoms with Crippen molar-refractivity contribution in [1.82, 2.24) is 5.32 Å². The normalized spacial score (nSPS) is 12.0. The molecule has 0 saturated heterocycles. The van der Waals surface area contributed by atoms with E-state index in [0.717, 1.165) is 27.6 Å². The van der Waals surface area contributed by atoms with E-state index in [1.54, 1.807) is 14.2 Å². The second kappa shape index (κ2) is 6.64. The number of hydrogen-bond acceptors (Lipinski definition) is 3. The van der Waals surface area contributed by atoms with E-state index in [4.69, 9.17) is 21.1 Å². The monoisotopic (exact) mass is 291 g/mol. The standard InChI is InChI=1S/C16H18ClNO2/c1-18-15(11-7-9-12(17)10-8-11)13-5-4-6-14(19-2)16(13)20-3/h4-10,15,18H,1-3H3. The highest BCUT2D eigenvalue weighted by molar-refractivity contribution is 6.30. The average Bonchev–Trinajstić information content (AvgIpc) is 2.49. The molecule has 0 aliphatic rings. The van der Waals surface area contributed by atoms with Crippen molar-refractivity contribution in [1.29, 1.82) is 0 Å². The lowest BCUT2D eigenvalue weighted by atomic mass is 9.97. The van der Waals surface area contributed by atoms with E-state index < -0.39 is 0 Å². The van der Waals surface area contributed by atoms with Gasteiger partial charge in [-0.15, -0.1) is 0 Å². The van der Waals surface area contributed by atoms with Crippen LogP contribution in [0.3, 0.4) is 0 Å². The Kier molecular flexibility index (Phi) is 4.88. The highest BCUT2D eigenvalue weighted by Gasteiger charge is 2.19. The van der Waals surface area contributed by atoms with E-state index >= 15 is 0 Å². The molecule has 0 aliphatic carbocycles. The molecule has 0 heterocycles. The molecular weight excluding hydrogens is 274 g/mol. The predicted molar refractivity (Wildman–Crippen MR) is 81.9 cm³/mol. The van der Waals surface area contributed by atoms with E-state index in [1.807, 2.05) is 49.5 Å².